The quantitative estimate of drug-likeness (QED) is 0.501. The SMILES string of the molecule is CON=Cc1c(N)ncnc1NCc1ccc(Oc2ccccc2)cc1. The maximum absolute atomic E-state index is 5.87. The Morgan fingerprint density at radius 3 is 2.50 bits per heavy atom. The van der Waals surface area contributed by atoms with Gasteiger partial charge in [-0.15, -0.1) is 0 Å². The van der Waals surface area contributed by atoms with Gasteiger partial charge in [0.25, 0.3) is 0 Å². The molecule has 7 nitrogen and oxygen atoms in total. The van der Waals surface area contributed by atoms with Crippen molar-refractivity contribution in [2.75, 3.05) is 18.2 Å². The molecule has 0 saturated heterocycles. The Bertz CT molecular complexity index is 867. The van der Waals surface area contributed by atoms with Crippen LogP contribution < -0.4 is 15.8 Å². The molecule has 26 heavy (non-hydrogen) atoms. The third-order valence-electron chi connectivity index (χ3n) is 3.56. The summed E-state index contributed by atoms with van der Waals surface area (Å²) in [5.74, 6) is 2.49. The molecule has 0 atom stereocenters. The maximum Gasteiger partial charge on any atom is 0.140 e. The Kier molecular flexibility index (Phi) is 5.61. The highest BCUT2D eigenvalue weighted by molar-refractivity contribution is 5.91. The Hall–Kier alpha value is -3.61. The number of hydrogen-bond acceptors (Lipinski definition) is 7. The van der Waals surface area contributed by atoms with E-state index in [1.54, 1.807) is 0 Å². The van der Waals surface area contributed by atoms with E-state index in [4.69, 9.17) is 15.3 Å². The highest BCUT2D eigenvalue weighted by atomic mass is 16.6. The van der Waals surface area contributed by atoms with Gasteiger partial charge in [0, 0.05) is 6.54 Å². The van der Waals surface area contributed by atoms with Gasteiger partial charge in [-0.1, -0.05) is 35.5 Å². The first-order chi connectivity index (χ1) is 12.8. The first-order valence-corrected chi connectivity index (χ1v) is 7.99. The topological polar surface area (TPSA) is 94.7 Å². The molecule has 0 aliphatic heterocycles. The molecule has 3 N–H and O–H groups in total. The molecule has 0 saturated carbocycles. The van der Waals surface area contributed by atoms with Crippen LogP contribution in [0, 0.1) is 0 Å². The number of nitrogens with zero attached hydrogens (tertiary/aromatic N) is 3. The van der Waals surface area contributed by atoms with Crippen molar-refractivity contribution in [3.63, 3.8) is 0 Å². The molecule has 7 heteroatoms. The highest BCUT2D eigenvalue weighted by Gasteiger charge is 2.07. The van der Waals surface area contributed by atoms with E-state index in [0.29, 0.717) is 23.7 Å². The Labute approximate surface area is 151 Å². The number of benzene rings is 2. The van der Waals surface area contributed by atoms with Gasteiger partial charge in [0.05, 0.1) is 11.8 Å². The van der Waals surface area contributed by atoms with E-state index in [1.807, 2.05) is 54.6 Å². The van der Waals surface area contributed by atoms with Gasteiger partial charge in [-0.05, 0) is 29.8 Å². The zero-order valence-electron chi connectivity index (χ0n) is 14.3. The lowest BCUT2D eigenvalue weighted by Gasteiger charge is -2.10. The van der Waals surface area contributed by atoms with E-state index >= 15 is 0 Å². The average molecular weight is 349 g/mol. The smallest absolute Gasteiger partial charge is 0.140 e. The van der Waals surface area contributed by atoms with Crippen LogP contribution in [0.1, 0.15) is 11.1 Å². The summed E-state index contributed by atoms with van der Waals surface area (Å²) in [7, 11) is 1.46. The Balaban J connectivity index is 1.65. The minimum Gasteiger partial charge on any atom is -0.457 e. The van der Waals surface area contributed by atoms with Gasteiger partial charge >= 0.3 is 0 Å². The van der Waals surface area contributed by atoms with Crippen LogP contribution in [0.5, 0.6) is 11.5 Å². The summed E-state index contributed by atoms with van der Waals surface area (Å²) in [6.45, 7) is 0.565. The van der Waals surface area contributed by atoms with Crippen LogP contribution in [0.15, 0.2) is 66.1 Å². The van der Waals surface area contributed by atoms with E-state index in [1.165, 1.54) is 19.7 Å². The first kappa shape index (κ1) is 17.2. The first-order valence-electron chi connectivity index (χ1n) is 7.99. The van der Waals surface area contributed by atoms with E-state index in [-0.39, 0.29) is 0 Å². The highest BCUT2D eigenvalue weighted by Crippen LogP contribution is 2.22. The van der Waals surface area contributed by atoms with Gasteiger partial charge in [0.1, 0.15) is 36.6 Å². The third-order valence-corrected chi connectivity index (χ3v) is 3.56. The minimum absolute atomic E-state index is 0.329. The van der Waals surface area contributed by atoms with Crippen molar-refractivity contribution in [3.05, 3.63) is 72.1 Å². The van der Waals surface area contributed by atoms with Crippen LogP contribution in [0.3, 0.4) is 0 Å². The number of para-hydroxylation sites is 1. The molecule has 1 heterocycles. The predicted molar refractivity (Wildman–Crippen MR) is 101 cm³/mol. The number of ether oxygens (including phenoxy) is 1. The molecule has 0 spiro atoms. The molecule has 0 aliphatic carbocycles. The molecule has 0 fully saturated rings. The summed E-state index contributed by atoms with van der Waals surface area (Å²) in [6.07, 6.45) is 2.88. The zero-order valence-corrected chi connectivity index (χ0v) is 14.3. The maximum atomic E-state index is 5.87. The normalized spacial score (nSPS) is 10.7. The second-order valence-corrected chi connectivity index (χ2v) is 5.35. The summed E-state index contributed by atoms with van der Waals surface area (Å²) >= 11 is 0. The molecule has 2 aromatic carbocycles. The fourth-order valence-electron chi connectivity index (χ4n) is 2.27. The third kappa shape index (κ3) is 4.47. The van der Waals surface area contributed by atoms with Gasteiger partial charge in [-0.3, -0.25) is 0 Å². The lowest BCUT2D eigenvalue weighted by molar-refractivity contribution is 0.215. The number of rotatable bonds is 7. The standard InChI is InChI=1S/C19H19N5O2/c1-25-24-12-17-18(20)22-13-23-19(17)21-11-14-7-9-16(10-8-14)26-15-5-3-2-4-6-15/h2-10,12-13H,11H2,1H3,(H3,20,21,22,23). The largest absolute Gasteiger partial charge is 0.457 e. The monoisotopic (exact) mass is 349 g/mol. The number of anilines is 2. The van der Waals surface area contributed by atoms with Crippen LogP contribution in [-0.4, -0.2) is 23.3 Å². The minimum atomic E-state index is 0.329. The van der Waals surface area contributed by atoms with Crippen LogP contribution in [-0.2, 0) is 11.4 Å². The summed E-state index contributed by atoms with van der Waals surface area (Å²) in [6, 6.07) is 17.5. The van der Waals surface area contributed by atoms with Crippen molar-refractivity contribution >= 4 is 17.9 Å². The van der Waals surface area contributed by atoms with E-state index in [9.17, 15) is 0 Å². The van der Waals surface area contributed by atoms with Crippen molar-refractivity contribution in [2.24, 2.45) is 5.16 Å². The van der Waals surface area contributed by atoms with Gasteiger partial charge < -0.3 is 20.6 Å². The van der Waals surface area contributed by atoms with Crippen molar-refractivity contribution < 1.29 is 9.57 Å². The summed E-state index contributed by atoms with van der Waals surface area (Å²) < 4.78 is 5.79. The van der Waals surface area contributed by atoms with Crippen LogP contribution >= 0.6 is 0 Å². The molecule has 3 aromatic rings. The van der Waals surface area contributed by atoms with Crippen molar-refractivity contribution in [1.82, 2.24) is 9.97 Å². The number of nitrogens with two attached hydrogens (primary N) is 1. The number of oxime groups is 1. The van der Waals surface area contributed by atoms with Gasteiger partial charge in [0.15, 0.2) is 0 Å². The molecule has 0 bridgehead atoms. The molecule has 0 aliphatic rings. The molecule has 132 valence electrons. The fraction of sp³-hybridized carbons (Fsp3) is 0.105. The van der Waals surface area contributed by atoms with E-state index < -0.39 is 0 Å². The number of nitrogens with one attached hydrogen (secondary N) is 1. The van der Waals surface area contributed by atoms with E-state index in [2.05, 4.69) is 20.4 Å². The zero-order chi connectivity index (χ0) is 18.2. The molecule has 0 amide bonds. The lowest BCUT2D eigenvalue weighted by atomic mass is 10.2. The number of hydrogen-bond donors (Lipinski definition) is 2. The summed E-state index contributed by atoms with van der Waals surface area (Å²) in [5.41, 5.74) is 7.52. The lowest BCUT2D eigenvalue weighted by Crippen LogP contribution is -2.08. The van der Waals surface area contributed by atoms with Crippen LogP contribution in [0.2, 0.25) is 0 Å². The van der Waals surface area contributed by atoms with Crippen molar-refractivity contribution in [3.8, 4) is 11.5 Å². The van der Waals surface area contributed by atoms with E-state index in [0.717, 1.165) is 17.1 Å². The molecule has 3 rings (SSSR count). The summed E-state index contributed by atoms with van der Waals surface area (Å²) in [5, 5.41) is 6.96. The van der Waals surface area contributed by atoms with Gasteiger partial charge in [-0.2, -0.15) is 0 Å². The van der Waals surface area contributed by atoms with Gasteiger partial charge in [-0.25, -0.2) is 9.97 Å². The van der Waals surface area contributed by atoms with Crippen LogP contribution in [0.25, 0.3) is 0 Å². The molecule has 0 radical (unpaired) electrons. The van der Waals surface area contributed by atoms with Crippen LogP contribution in [0.4, 0.5) is 11.6 Å². The van der Waals surface area contributed by atoms with Gasteiger partial charge in [0.2, 0.25) is 0 Å². The average Bonchev–Trinajstić information content (AvgIpc) is 2.67. The fourth-order valence-corrected chi connectivity index (χ4v) is 2.27. The molecular weight excluding hydrogens is 330 g/mol. The van der Waals surface area contributed by atoms with Crippen molar-refractivity contribution in [2.45, 2.75) is 6.54 Å². The summed E-state index contributed by atoms with van der Waals surface area (Å²) in [4.78, 5) is 12.9. The molecular formula is C19H19N5O2. The second kappa shape index (κ2) is 8.48. The number of aromatic nitrogens is 2. The molecule has 0 unspecified atom stereocenters. The predicted octanol–water partition coefficient (Wildman–Crippen LogP) is 3.44. The Morgan fingerprint density at radius 2 is 1.77 bits per heavy atom. The molecule has 1 aromatic heterocycles. The number of nitrogen functional groups attached to an aromatic ring is 1. The Morgan fingerprint density at radius 1 is 1.04 bits per heavy atom. The van der Waals surface area contributed by atoms with Crippen molar-refractivity contribution in [1.29, 1.82) is 0 Å². The second-order valence-electron chi connectivity index (χ2n) is 5.35.